The molecule has 2 aromatic carbocycles. The van der Waals surface area contributed by atoms with Crippen LogP contribution in [0.2, 0.25) is 0 Å². The Morgan fingerprint density at radius 2 is 1.81 bits per heavy atom. The summed E-state index contributed by atoms with van der Waals surface area (Å²) >= 11 is 0. The lowest BCUT2D eigenvalue weighted by Gasteiger charge is -2.16. The van der Waals surface area contributed by atoms with Gasteiger partial charge in [-0.25, -0.2) is 13.2 Å². The number of ketones is 2. The van der Waals surface area contributed by atoms with Crippen molar-refractivity contribution in [2.24, 2.45) is 5.92 Å². The van der Waals surface area contributed by atoms with E-state index in [1.165, 1.54) is 19.2 Å². The summed E-state index contributed by atoms with van der Waals surface area (Å²) in [5.74, 6) is -5.11. The number of allylic oxidation sites excluding steroid dienone is 2. The third kappa shape index (κ3) is 3.39. The SMILES string of the molecule is C/C=C/C1CC(=O)C(c2c(F)cc(-c3ccc(F)cc3F)cc2OC)C1=O. The summed E-state index contributed by atoms with van der Waals surface area (Å²) in [7, 11) is 1.27. The zero-order valence-electron chi connectivity index (χ0n) is 14.8. The van der Waals surface area contributed by atoms with E-state index in [1.807, 2.05) is 0 Å². The molecule has 2 aromatic rings. The predicted molar refractivity (Wildman–Crippen MR) is 94.0 cm³/mol. The molecular weight excluding hydrogens is 357 g/mol. The van der Waals surface area contributed by atoms with Gasteiger partial charge in [-0.15, -0.1) is 0 Å². The van der Waals surface area contributed by atoms with E-state index in [2.05, 4.69) is 0 Å². The average molecular weight is 374 g/mol. The Hall–Kier alpha value is -2.89. The first-order valence-corrected chi connectivity index (χ1v) is 8.39. The molecule has 0 N–H and O–H groups in total. The van der Waals surface area contributed by atoms with Gasteiger partial charge >= 0.3 is 0 Å². The fourth-order valence-corrected chi connectivity index (χ4v) is 3.43. The van der Waals surface area contributed by atoms with E-state index in [1.54, 1.807) is 19.1 Å². The standard InChI is InChI=1S/C21H17F3O3/c1-3-4-11-8-17(25)20(21(11)26)19-16(24)7-12(9-18(19)27-2)14-6-5-13(22)10-15(14)23/h3-7,9-11,20H,8H2,1-2H3/b4-3+. The molecule has 0 aromatic heterocycles. The smallest absolute Gasteiger partial charge is 0.155 e. The molecule has 27 heavy (non-hydrogen) atoms. The lowest BCUT2D eigenvalue weighted by molar-refractivity contribution is -0.124. The lowest BCUT2D eigenvalue weighted by atomic mass is 9.90. The molecular formula is C21H17F3O3. The predicted octanol–water partition coefficient (Wildman–Crippen LogP) is 4.60. The van der Waals surface area contributed by atoms with Crippen LogP contribution in [0, 0.1) is 23.4 Å². The maximum Gasteiger partial charge on any atom is 0.155 e. The second kappa shape index (κ2) is 7.39. The van der Waals surface area contributed by atoms with Gasteiger partial charge in [0, 0.05) is 29.5 Å². The minimum Gasteiger partial charge on any atom is -0.496 e. The van der Waals surface area contributed by atoms with Crippen LogP contribution in [0.3, 0.4) is 0 Å². The molecule has 0 amide bonds. The number of halogens is 3. The highest BCUT2D eigenvalue weighted by Gasteiger charge is 2.43. The first-order valence-electron chi connectivity index (χ1n) is 8.39. The van der Waals surface area contributed by atoms with Crippen molar-refractivity contribution in [3.8, 4) is 16.9 Å². The highest BCUT2D eigenvalue weighted by Crippen LogP contribution is 2.41. The molecule has 1 aliphatic rings. The van der Waals surface area contributed by atoms with Gasteiger partial charge in [0.15, 0.2) is 5.78 Å². The molecule has 3 nitrogen and oxygen atoms in total. The van der Waals surface area contributed by atoms with Gasteiger partial charge in [-0.1, -0.05) is 12.2 Å². The Bertz CT molecular complexity index is 950. The van der Waals surface area contributed by atoms with Crippen molar-refractivity contribution in [2.75, 3.05) is 7.11 Å². The zero-order chi connectivity index (χ0) is 19.7. The topological polar surface area (TPSA) is 43.4 Å². The van der Waals surface area contributed by atoms with Crippen LogP contribution in [0.25, 0.3) is 11.1 Å². The number of methoxy groups -OCH3 is 1. The van der Waals surface area contributed by atoms with Gasteiger partial charge in [-0.3, -0.25) is 9.59 Å². The highest BCUT2D eigenvalue weighted by molar-refractivity contribution is 6.15. The average Bonchev–Trinajstić information content (AvgIpc) is 2.88. The van der Waals surface area contributed by atoms with E-state index >= 15 is 0 Å². The van der Waals surface area contributed by atoms with Crippen LogP contribution in [-0.2, 0) is 9.59 Å². The summed E-state index contributed by atoms with van der Waals surface area (Å²) in [5, 5.41) is 0. The molecule has 0 heterocycles. The number of rotatable bonds is 4. The summed E-state index contributed by atoms with van der Waals surface area (Å²) < 4.78 is 47.3. The van der Waals surface area contributed by atoms with Crippen LogP contribution in [0.5, 0.6) is 5.75 Å². The van der Waals surface area contributed by atoms with Gasteiger partial charge < -0.3 is 4.74 Å². The van der Waals surface area contributed by atoms with Gasteiger partial charge in [0.05, 0.1) is 7.11 Å². The number of hydrogen-bond donors (Lipinski definition) is 0. The fourth-order valence-electron chi connectivity index (χ4n) is 3.43. The first kappa shape index (κ1) is 18.9. The van der Waals surface area contributed by atoms with Crippen LogP contribution in [0.15, 0.2) is 42.5 Å². The summed E-state index contributed by atoms with van der Waals surface area (Å²) in [4.78, 5) is 24.9. The molecule has 6 heteroatoms. The maximum absolute atomic E-state index is 14.9. The molecule has 0 aliphatic heterocycles. The van der Waals surface area contributed by atoms with Gasteiger partial charge in [0.25, 0.3) is 0 Å². The monoisotopic (exact) mass is 374 g/mol. The molecule has 1 aliphatic carbocycles. The molecule has 140 valence electrons. The Morgan fingerprint density at radius 1 is 1.07 bits per heavy atom. The second-order valence-corrected chi connectivity index (χ2v) is 6.34. The van der Waals surface area contributed by atoms with Gasteiger partial charge in [-0.2, -0.15) is 0 Å². The molecule has 0 bridgehead atoms. The van der Waals surface area contributed by atoms with E-state index in [4.69, 9.17) is 4.74 Å². The minimum absolute atomic E-state index is 0.00474. The van der Waals surface area contributed by atoms with Crippen molar-refractivity contribution in [3.05, 3.63) is 65.5 Å². The molecule has 2 atom stereocenters. The Morgan fingerprint density at radius 3 is 2.44 bits per heavy atom. The van der Waals surface area contributed by atoms with Crippen LogP contribution in [0.1, 0.15) is 24.8 Å². The molecule has 1 saturated carbocycles. The minimum atomic E-state index is -1.26. The Labute approximate surface area is 154 Å². The number of ether oxygens (including phenoxy) is 1. The van der Waals surface area contributed by atoms with Crippen molar-refractivity contribution >= 4 is 11.6 Å². The van der Waals surface area contributed by atoms with Crippen molar-refractivity contribution in [1.29, 1.82) is 0 Å². The first-order chi connectivity index (χ1) is 12.9. The maximum atomic E-state index is 14.9. The van der Waals surface area contributed by atoms with E-state index in [9.17, 15) is 22.8 Å². The largest absolute Gasteiger partial charge is 0.496 e. The number of carbonyl (C=O) groups excluding carboxylic acids is 2. The van der Waals surface area contributed by atoms with Crippen molar-refractivity contribution in [2.45, 2.75) is 19.3 Å². The van der Waals surface area contributed by atoms with E-state index in [-0.39, 0.29) is 34.6 Å². The fraction of sp³-hybridized carbons (Fsp3) is 0.238. The third-order valence-electron chi connectivity index (χ3n) is 4.66. The number of carbonyl (C=O) groups is 2. The molecule has 3 rings (SSSR count). The summed E-state index contributed by atoms with van der Waals surface area (Å²) in [6.45, 7) is 1.73. The van der Waals surface area contributed by atoms with Crippen molar-refractivity contribution in [1.82, 2.24) is 0 Å². The molecule has 2 unspecified atom stereocenters. The number of Topliss-reactive ketones (excluding diaryl/α,β-unsaturated/α-hetero) is 2. The van der Waals surface area contributed by atoms with E-state index < -0.39 is 35.1 Å². The lowest BCUT2D eigenvalue weighted by Crippen LogP contribution is -2.17. The molecule has 0 radical (unpaired) electrons. The van der Waals surface area contributed by atoms with Crippen LogP contribution in [0.4, 0.5) is 13.2 Å². The zero-order valence-corrected chi connectivity index (χ0v) is 14.8. The summed E-state index contributed by atoms with van der Waals surface area (Å²) in [6.07, 6.45) is 3.30. The van der Waals surface area contributed by atoms with Gasteiger partial charge in [0.2, 0.25) is 0 Å². The number of hydrogen-bond acceptors (Lipinski definition) is 3. The third-order valence-corrected chi connectivity index (χ3v) is 4.66. The molecule has 0 spiro atoms. The Balaban J connectivity index is 2.11. The summed E-state index contributed by atoms with van der Waals surface area (Å²) in [6, 6.07) is 5.31. The highest BCUT2D eigenvalue weighted by atomic mass is 19.1. The number of benzene rings is 2. The van der Waals surface area contributed by atoms with Crippen LogP contribution >= 0.6 is 0 Å². The molecule has 1 fully saturated rings. The Kier molecular flexibility index (Phi) is 5.17. The van der Waals surface area contributed by atoms with Gasteiger partial charge in [0.1, 0.15) is 34.9 Å². The van der Waals surface area contributed by atoms with Crippen LogP contribution in [-0.4, -0.2) is 18.7 Å². The van der Waals surface area contributed by atoms with Crippen LogP contribution < -0.4 is 4.74 Å². The van der Waals surface area contributed by atoms with Crippen molar-refractivity contribution in [3.63, 3.8) is 0 Å². The van der Waals surface area contributed by atoms with E-state index in [0.29, 0.717) is 6.07 Å². The molecule has 0 saturated heterocycles. The second-order valence-electron chi connectivity index (χ2n) is 6.34. The quantitative estimate of drug-likeness (QED) is 0.580. The van der Waals surface area contributed by atoms with Gasteiger partial charge in [-0.05, 0) is 36.8 Å². The van der Waals surface area contributed by atoms with E-state index in [0.717, 1.165) is 12.1 Å². The summed E-state index contributed by atoms with van der Waals surface area (Å²) in [5.41, 5.74) is -0.0460. The van der Waals surface area contributed by atoms with Crippen molar-refractivity contribution < 1.29 is 27.5 Å². The normalized spacial score (nSPS) is 19.9.